The van der Waals surface area contributed by atoms with Crippen LogP contribution in [0.1, 0.15) is 0 Å². The van der Waals surface area contributed by atoms with Crippen molar-refractivity contribution in [2.75, 3.05) is 0 Å². The molecule has 0 atom stereocenters. The lowest BCUT2D eigenvalue weighted by Gasteiger charge is -2.18. The van der Waals surface area contributed by atoms with Gasteiger partial charge in [0.25, 0.3) is 0 Å². The Labute approximate surface area is 288 Å². The predicted molar refractivity (Wildman–Crippen MR) is 204 cm³/mol. The topological polar surface area (TPSA) is 65.6 Å². The number of hydrogen-bond donors (Lipinski definition) is 0. The number of benzene rings is 7. The molecule has 238 valence electrons. The van der Waals surface area contributed by atoms with Crippen LogP contribution in [0.25, 0.3) is 89.0 Å². The minimum atomic E-state index is -0.0351. The molecule has 0 N–H and O–H groups in total. The average Bonchev–Trinajstić information content (AvgIpc) is 3.41. The minimum Gasteiger partial charge on any atom is -0.295 e. The maximum absolute atomic E-state index is 12.8. The molecule has 0 fully saturated rings. The first kappa shape index (κ1) is 29.5. The van der Waals surface area contributed by atoms with Gasteiger partial charge in [-0.3, -0.25) is 9.13 Å². The van der Waals surface area contributed by atoms with Crippen LogP contribution >= 0.6 is 0 Å². The van der Waals surface area contributed by atoms with Crippen LogP contribution in [-0.4, -0.2) is 24.1 Å². The fourth-order valence-electron chi connectivity index (χ4n) is 7.23. The number of nitrogens with zero attached hydrogens (tertiary/aromatic N) is 5. The molecular weight excluding hydrogens is 615 g/mol. The zero-order valence-corrected chi connectivity index (χ0v) is 27.6. The Balaban J connectivity index is 1.27. The van der Waals surface area contributed by atoms with Crippen molar-refractivity contribution in [2.45, 2.75) is 0 Å². The first-order valence-corrected chi connectivity index (χ1v) is 16.6. The molecule has 0 spiro atoms. The van der Waals surface area contributed by atoms with Crippen LogP contribution < -0.4 is 5.69 Å². The third-order valence-electron chi connectivity index (χ3n) is 9.62. The van der Waals surface area contributed by atoms with Gasteiger partial charge in [0.05, 0.1) is 11.0 Å². The van der Waals surface area contributed by atoms with Gasteiger partial charge < -0.3 is 0 Å². The predicted octanol–water partition coefficient (Wildman–Crippen LogP) is 9.70. The molecule has 2 aromatic heterocycles. The van der Waals surface area contributed by atoms with Crippen molar-refractivity contribution in [3.8, 4) is 56.4 Å². The standard InChI is InChI=1S/C44H31N5O/c1-48-37-23-13-22-32(40(37)49(2)44(48)50)28-24-26-29(27-25-28)38-33-18-9-11-20-35(33)39(36-21-12-10-19-34(36)38)43-46-41(30-14-5-3-6-15-30)45-42(47-43)31-16-7-4-8-17-31/h3-27H,1-2H3. The smallest absolute Gasteiger partial charge is 0.295 e. The molecule has 9 rings (SSSR count). The van der Waals surface area contributed by atoms with Gasteiger partial charge in [-0.15, -0.1) is 0 Å². The highest BCUT2D eigenvalue weighted by Crippen LogP contribution is 2.43. The lowest BCUT2D eigenvalue weighted by Crippen LogP contribution is -2.19. The summed E-state index contributed by atoms with van der Waals surface area (Å²) in [7, 11) is 3.65. The molecule has 7 aromatic carbocycles. The summed E-state index contributed by atoms with van der Waals surface area (Å²) in [5.41, 5.74) is 8.98. The molecule has 0 radical (unpaired) electrons. The normalized spacial score (nSPS) is 11.5. The zero-order chi connectivity index (χ0) is 33.8. The van der Waals surface area contributed by atoms with Crippen LogP contribution in [0.4, 0.5) is 0 Å². The fourth-order valence-corrected chi connectivity index (χ4v) is 7.23. The van der Waals surface area contributed by atoms with Gasteiger partial charge in [-0.2, -0.15) is 0 Å². The van der Waals surface area contributed by atoms with Gasteiger partial charge in [-0.05, 0) is 44.3 Å². The van der Waals surface area contributed by atoms with E-state index in [0.717, 1.165) is 71.5 Å². The molecule has 0 amide bonds. The Hall–Kier alpha value is -6.66. The van der Waals surface area contributed by atoms with E-state index < -0.39 is 0 Å². The van der Waals surface area contributed by atoms with Gasteiger partial charge in [0, 0.05) is 36.3 Å². The third-order valence-corrected chi connectivity index (χ3v) is 9.62. The summed E-state index contributed by atoms with van der Waals surface area (Å²) in [4.78, 5) is 28.0. The van der Waals surface area contributed by atoms with Gasteiger partial charge in [0.15, 0.2) is 17.5 Å². The highest BCUT2D eigenvalue weighted by atomic mass is 16.1. The molecule has 0 aliphatic heterocycles. The number of hydrogen-bond acceptors (Lipinski definition) is 4. The summed E-state index contributed by atoms with van der Waals surface area (Å²) in [5.74, 6) is 1.90. The van der Waals surface area contributed by atoms with E-state index in [1.165, 1.54) is 0 Å². The Morgan fingerprint density at radius 3 is 1.40 bits per heavy atom. The molecule has 6 heteroatoms. The van der Waals surface area contributed by atoms with Crippen molar-refractivity contribution in [3.05, 3.63) is 162 Å². The summed E-state index contributed by atoms with van der Waals surface area (Å²) in [6, 6.07) is 52.0. The highest BCUT2D eigenvalue weighted by molar-refractivity contribution is 6.20. The van der Waals surface area contributed by atoms with Crippen molar-refractivity contribution in [2.24, 2.45) is 14.1 Å². The van der Waals surface area contributed by atoms with Crippen molar-refractivity contribution in [1.29, 1.82) is 0 Å². The molecule has 9 aromatic rings. The molecule has 0 bridgehead atoms. The second-order valence-corrected chi connectivity index (χ2v) is 12.5. The van der Waals surface area contributed by atoms with Gasteiger partial charge >= 0.3 is 5.69 Å². The third kappa shape index (κ3) is 4.72. The van der Waals surface area contributed by atoms with Crippen molar-refractivity contribution < 1.29 is 0 Å². The van der Waals surface area contributed by atoms with Crippen molar-refractivity contribution in [3.63, 3.8) is 0 Å². The van der Waals surface area contributed by atoms with E-state index in [4.69, 9.17) is 15.0 Å². The fraction of sp³-hybridized carbons (Fsp3) is 0.0455. The van der Waals surface area contributed by atoms with Crippen LogP contribution in [0.5, 0.6) is 0 Å². The van der Waals surface area contributed by atoms with Crippen molar-refractivity contribution in [1.82, 2.24) is 24.1 Å². The van der Waals surface area contributed by atoms with Crippen molar-refractivity contribution >= 4 is 32.6 Å². The Morgan fingerprint density at radius 1 is 0.400 bits per heavy atom. The lowest BCUT2D eigenvalue weighted by atomic mass is 9.87. The minimum absolute atomic E-state index is 0.0351. The van der Waals surface area contributed by atoms with E-state index in [0.29, 0.717) is 17.5 Å². The highest BCUT2D eigenvalue weighted by Gasteiger charge is 2.21. The lowest BCUT2D eigenvalue weighted by molar-refractivity contribution is 0.795. The summed E-state index contributed by atoms with van der Waals surface area (Å²) in [6.45, 7) is 0. The number of fused-ring (bicyclic) bond motifs is 3. The molecule has 0 aliphatic carbocycles. The van der Waals surface area contributed by atoms with Crippen LogP contribution in [0.15, 0.2) is 156 Å². The molecule has 6 nitrogen and oxygen atoms in total. The maximum Gasteiger partial charge on any atom is 0.328 e. The second-order valence-electron chi connectivity index (χ2n) is 12.5. The average molecular weight is 646 g/mol. The van der Waals surface area contributed by atoms with E-state index >= 15 is 0 Å². The van der Waals surface area contributed by atoms with Crippen LogP contribution in [0.2, 0.25) is 0 Å². The molecule has 0 unspecified atom stereocenters. The second kappa shape index (κ2) is 11.8. The molecule has 50 heavy (non-hydrogen) atoms. The summed E-state index contributed by atoms with van der Waals surface area (Å²) in [5, 5.41) is 4.37. The summed E-state index contributed by atoms with van der Waals surface area (Å²) < 4.78 is 3.43. The first-order chi connectivity index (χ1) is 24.6. The molecule has 0 saturated heterocycles. The zero-order valence-electron chi connectivity index (χ0n) is 27.6. The van der Waals surface area contributed by atoms with E-state index in [9.17, 15) is 4.79 Å². The van der Waals surface area contributed by atoms with E-state index in [1.54, 1.807) is 9.13 Å². The van der Waals surface area contributed by atoms with E-state index in [-0.39, 0.29) is 5.69 Å². The Kier molecular flexibility index (Phi) is 6.95. The number of aromatic nitrogens is 5. The number of imidazole rings is 1. The number of rotatable bonds is 5. The Bertz CT molecular complexity index is 2670. The molecule has 0 aliphatic rings. The first-order valence-electron chi connectivity index (χ1n) is 16.6. The monoisotopic (exact) mass is 645 g/mol. The van der Waals surface area contributed by atoms with Crippen LogP contribution in [0, 0.1) is 0 Å². The number of aryl methyl sites for hydroxylation is 2. The summed E-state index contributed by atoms with van der Waals surface area (Å²) in [6.07, 6.45) is 0. The largest absolute Gasteiger partial charge is 0.328 e. The Morgan fingerprint density at radius 2 is 0.860 bits per heavy atom. The number of para-hydroxylation sites is 1. The van der Waals surface area contributed by atoms with Gasteiger partial charge in [-0.1, -0.05) is 146 Å². The van der Waals surface area contributed by atoms with E-state index in [2.05, 4.69) is 78.9 Å². The maximum atomic E-state index is 12.8. The molecular formula is C44H31N5O. The quantitative estimate of drug-likeness (QED) is 0.175. The SMILES string of the molecule is Cn1c(=O)n(C)c2c(-c3ccc(-c4c5ccccc5c(-c5nc(-c6ccccc6)nc(-c6ccccc6)n5)c5ccccc45)cc3)cccc21. The van der Waals surface area contributed by atoms with Crippen LogP contribution in [0.3, 0.4) is 0 Å². The van der Waals surface area contributed by atoms with Gasteiger partial charge in [0.1, 0.15) is 0 Å². The van der Waals surface area contributed by atoms with Gasteiger partial charge in [-0.25, -0.2) is 19.7 Å². The summed E-state index contributed by atoms with van der Waals surface area (Å²) >= 11 is 0. The molecule has 0 saturated carbocycles. The molecule has 2 heterocycles. The van der Waals surface area contributed by atoms with E-state index in [1.807, 2.05) is 86.9 Å². The van der Waals surface area contributed by atoms with Crippen LogP contribution in [-0.2, 0) is 14.1 Å². The van der Waals surface area contributed by atoms with Gasteiger partial charge in [0.2, 0.25) is 0 Å².